The lowest BCUT2D eigenvalue weighted by Crippen LogP contribution is -2.12. The zero-order valence-electron chi connectivity index (χ0n) is 15.8. The van der Waals surface area contributed by atoms with Gasteiger partial charge in [0, 0.05) is 18.0 Å². The fraction of sp³-hybridized carbons (Fsp3) is 0.474. The van der Waals surface area contributed by atoms with Crippen molar-refractivity contribution in [3.8, 4) is 11.5 Å². The zero-order chi connectivity index (χ0) is 19.3. The number of thioether (sulfide) groups is 1. The minimum absolute atomic E-state index is 0.191. The van der Waals surface area contributed by atoms with Gasteiger partial charge in [0.25, 0.3) is 5.56 Å². The Morgan fingerprint density at radius 2 is 1.89 bits per heavy atom. The molecule has 0 saturated heterocycles. The minimum atomic E-state index is -0.191. The summed E-state index contributed by atoms with van der Waals surface area (Å²) < 4.78 is 12.9. The maximum Gasteiger partial charge on any atom is 0.258 e. The van der Waals surface area contributed by atoms with E-state index >= 15 is 0 Å². The number of nitrogens with one attached hydrogen (secondary N) is 1. The van der Waals surface area contributed by atoms with Crippen molar-refractivity contribution < 1.29 is 9.47 Å². The van der Waals surface area contributed by atoms with Crippen LogP contribution in [0.5, 0.6) is 11.5 Å². The van der Waals surface area contributed by atoms with Gasteiger partial charge in [-0.2, -0.15) is 0 Å². The molecular weight excluding hydrogens is 378 g/mol. The van der Waals surface area contributed by atoms with Crippen molar-refractivity contribution in [1.29, 1.82) is 0 Å². The lowest BCUT2D eigenvalue weighted by Gasteiger charge is -2.10. The summed E-state index contributed by atoms with van der Waals surface area (Å²) in [5, 5.41) is 10.2. The average Bonchev–Trinajstić information content (AvgIpc) is 3.64. The standard InChI is InChI=1S/C19H21N5O3S/c1-26-14-7-12-13(8-15(14)27-2)20-16(21-18(12)25)9-28-19-23-22-17(10-3-4-10)24(19)11-5-6-11/h7-8,10-11H,3-6,9H2,1-2H3,(H,20,21,25). The molecule has 2 fully saturated rings. The van der Waals surface area contributed by atoms with Crippen LogP contribution in [0.4, 0.5) is 0 Å². The molecule has 2 saturated carbocycles. The van der Waals surface area contributed by atoms with Crippen molar-refractivity contribution in [2.45, 2.75) is 48.6 Å². The monoisotopic (exact) mass is 399 g/mol. The van der Waals surface area contributed by atoms with E-state index in [4.69, 9.17) is 9.47 Å². The first-order chi connectivity index (χ1) is 13.7. The number of fused-ring (bicyclic) bond motifs is 1. The highest BCUT2D eigenvalue weighted by atomic mass is 32.2. The second-order valence-electron chi connectivity index (χ2n) is 7.24. The van der Waals surface area contributed by atoms with E-state index < -0.39 is 0 Å². The number of aromatic nitrogens is 5. The van der Waals surface area contributed by atoms with E-state index in [0.717, 1.165) is 11.0 Å². The highest BCUT2D eigenvalue weighted by Crippen LogP contribution is 2.46. The second-order valence-corrected chi connectivity index (χ2v) is 8.18. The zero-order valence-corrected chi connectivity index (χ0v) is 16.6. The van der Waals surface area contributed by atoms with E-state index in [0.29, 0.717) is 45.9 Å². The summed E-state index contributed by atoms with van der Waals surface area (Å²) >= 11 is 1.57. The second kappa shape index (κ2) is 6.80. The van der Waals surface area contributed by atoms with Crippen molar-refractivity contribution in [2.24, 2.45) is 0 Å². The Kier molecular flexibility index (Phi) is 4.26. The Bertz CT molecular complexity index is 1100. The van der Waals surface area contributed by atoms with Crippen LogP contribution in [-0.4, -0.2) is 39.0 Å². The van der Waals surface area contributed by atoms with E-state index in [1.165, 1.54) is 25.7 Å². The van der Waals surface area contributed by atoms with Gasteiger partial charge in [-0.3, -0.25) is 4.79 Å². The van der Waals surface area contributed by atoms with Gasteiger partial charge in [0.1, 0.15) is 11.6 Å². The predicted octanol–water partition coefficient (Wildman–Crippen LogP) is 3.04. The number of benzene rings is 1. The predicted molar refractivity (Wildman–Crippen MR) is 105 cm³/mol. The molecule has 0 unspecified atom stereocenters. The highest BCUT2D eigenvalue weighted by Gasteiger charge is 2.36. The van der Waals surface area contributed by atoms with E-state index in [9.17, 15) is 4.79 Å². The number of hydrogen-bond acceptors (Lipinski definition) is 7. The van der Waals surface area contributed by atoms with Gasteiger partial charge in [0.15, 0.2) is 16.7 Å². The van der Waals surface area contributed by atoms with Crippen LogP contribution in [0.25, 0.3) is 10.9 Å². The normalized spacial score (nSPS) is 16.5. The molecule has 3 aromatic rings. The molecule has 5 rings (SSSR count). The fourth-order valence-corrected chi connectivity index (χ4v) is 4.28. The van der Waals surface area contributed by atoms with Crippen LogP contribution in [0.15, 0.2) is 22.1 Å². The number of methoxy groups -OCH3 is 2. The van der Waals surface area contributed by atoms with Crippen molar-refractivity contribution in [3.05, 3.63) is 34.1 Å². The van der Waals surface area contributed by atoms with Gasteiger partial charge in [0.2, 0.25) is 0 Å². The van der Waals surface area contributed by atoms with Crippen LogP contribution in [0, 0.1) is 0 Å². The molecule has 1 aromatic carbocycles. The molecule has 0 aliphatic heterocycles. The number of hydrogen-bond donors (Lipinski definition) is 1. The lowest BCUT2D eigenvalue weighted by molar-refractivity contribution is 0.355. The molecule has 2 aromatic heterocycles. The van der Waals surface area contributed by atoms with E-state index in [1.54, 1.807) is 38.1 Å². The molecule has 2 aliphatic carbocycles. The average molecular weight is 399 g/mol. The molecule has 0 bridgehead atoms. The van der Waals surface area contributed by atoms with Gasteiger partial charge in [-0.05, 0) is 31.7 Å². The first kappa shape index (κ1) is 17.5. The first-order valence-electron chi connectivity index (χ1n) is 9.40. The van der Waals surface area contributed by atoms with Crippen LogP contribution < -0.4 is 15.0 Å². The molecule has 0 spiro atoms. The maximum absolute atomic E-state index is 12.5. The van der Waals surface area contributed by atoms with Gasteiger partial charge < -0.3 is 19.0 Å². The fourth-order valence-electron chi connectivity index (χ4n) is 3.40. The van der Waals surface area contributed by atoms with E-state index in [-0.39, 0.29) is 5.56 Å². The van der Waals surface area contributed by atoms with Crippen molar-refractivity contribution in [1.82, 2.24) is 24.7 Å². The Balaban J connectivity index is 1.43. The van der Waals surface area contributed by atoms with E-state index in [2.05, 4.69) is 24.7 Å². The minimum Gasteiger partial charge on any atom is -0.493 e. The van der Waals surface area contributed by atoms with Crippen LogP contribution in [0.2, 0.25) is 0 Å². The van der Waals surface area contributed by atoms with Gasteiger partial charge in [-0.25, -0.2) is 4.98 Å². The van der Waals surface area contributed by atoms with Gasteiger partial charge >= 0.3 is 0 Å². The summed E-state index contributed by atoms with van der Waals surface area (Å²) in [4.78, 5) is 20.0. The van der Waals surface area contributed by atoms with Gasteiger partial charge in [0.05, 0.1) is 30.9 Å². The molecule has 28 heavy (non-hydrogen) atoms. The molecule has 0 atom stereocenters. The Morgan fingerprint density at radius 1 is 1.14 bits per heavy atom. The summed E-state index contributed by atoms with van der Waals surface area (Å²) in [6, 6.07) is 3.92. The summed E-state index contributed by atoms with van der Waals surface area (Å²) in [7, 11) is 3.11. The van der Waals surface area contributed by atoms with Gasteiger partial charge in [-0.1, -0.05) is 11.8 Å². The number of rotatable bonds is 7. The lowest BCUT2D eigenvalue weighted by atomic mass is 10.2. The summed E-state index contributed by atoms with van der Waals surface area (Å²) in [6.07, 6.45) is 4.80. The Hall–Kier alpha value is -2.55. The molecule has 9 heteroatoms. The van der Waals surface area contributed by atoms with Crippen molar-refractivity contribution >= 4 is 22.7 Å². The van der Waals surface area contributed by atoms with Crippen LogP contribution in [0.3, 0.4) is 0 Å². The first-order valence-corrected chi connectivity index (χ1v) is 10.4. The molecule has 8 nitrogen and oxygen atoms in total. The number of H-pyrrole nitrogens is 1. The van der Waals surface area contributed by atoms with Crippen molar-refractivity contribution in [3.63, 3.8) is 0 Å². The topological polar surface area (TPSA) is 94.9 Å². The molecule has 2 aliphatic rings. The third-order valence-electron chi connectivity index (χ3n) is 5.14. The Labute approximate surface area is 165 Å². The quantitative estimate of drug-likeness (QED) is 0.610. The van der Waals surface area contributed by atoms with Gasteiger partial charge in [-0.15, -0.1) is 10.2 Å². The Morgan fingerprint density at radius 3 is 2.57 bits per heavy atom. The summed E-state index contributed by atoms with van der Waals surface area (Å²) in [5.74, 6) is 3.89. The van der Waals surface area contributed by atoms with Crippen molar-refractivity contribution in [2.75, 3.05) is 14.2 Å². The SMILES string of the molecule is COc1cc2nc(CSc3nnc(C4CC4)n3C3CC3)[nH]c(=O)c2cc1OC. The van der Waals surface area contributed by atoms with Crippen LogP contribution >= 0.6 is 11.8 Å². The summed E-state index contributed by atoms with van der Waals surface area (Å²) in [6.45, 7) is 0. The number of nitrogens with zero attached hydrogens (tertiary/aromatic N) is 4. The maximum atomic E-state index is 12.5. The molecule has 0 radical (unpaired) electrons. The largest absolute Gasteiger partial charge is 0.493 e. The molecule has 0 amide bonds. The van der Waals surface area contributed by atoms with Crippen LogP contribution in [0.1, 0.15) is 49.3 Å². The van der Waals surface area contributed by atoms with E-state index in [1.807, 2.05) is 0 Å². The highest BCUT2D eigenvalue weighted by molar-refractivity contribution is 7.98. The molecular formula is C19H21N5O3S. The molecule has 146 valence electrons. The molecule has 1 N–H and O–H groups in total. The number of ether oxygens (including phenoxy) is 2. The number of aromatic amines is 1. The third kappa shape index (κ3) is 3.13. The molecule has 2 heterocycles. The van der Waals surface area contributed by atoms with Crippen LogP contribution in [-0.2, 0) is 5.75 Å². The summed E-state index contributed by atoms with van der Waals surface area (Å²) in [5.41, 5.74) is 0.392. The third-order valence-corrected chi connectivity index (χ3v) is 6.10. The smallest absolute Gasteiger partial charge is 0.258 e.